The van der Waals surface area contributed by atoms with Crippen LogP contribution in [0.1, 0.15) is 19.2 Å². The highest BCUT2D eigenvalue weighted by Gasteiger charge is 2.10. The molecule has 0 unspecified atom stereocenters. The number of aryl methyl sites for hydroxylation is 1. The van der Waals surface area contributed by atoms with E-state index in [1.165, 1.54) is 6.26 Å². The average Bonchev–Trinajstić information content (AvgIpc) is 2.24. The van der Waals surface area contributed by atoms with E-state index < -0.39 is 9.84 Å². The van der Waals surface area contributed by atoms with E-state index in [0.29, 0.717) is 6.54 Å². The maximum Gasteiger partial charge on any atom is 0.149 e. The Balaban J connectivity index is 2.81. The van der Waals surface area contributed by atoms with Gasteiger partial charge in [0, 0.05) is 32.3 Å². The van der Waals surface area contributed by atoms with Crippen molar-refractivity contribution >= 4 is 31.6 Å². The van der Waals surface area contributed by atoms with E-state index in [2.05, 4.69) is 32.8 Å². The zero-order chi connectivity index (χ0) is 13.8. The van der Waals surface area contributed by atoms with Crippen molar-refractivity contribution in [3.8, 4) is 0 Å². The molecule has 0 spiro atoms. The molecule has 18 heavy (non-hydrogen) atoms. The first-order valence-corrected chi connectivity index (χ1v) is 8.59. The molecule has 1 aromatic heterocycles. The number of aromatic nitrogens is 2. The number of hydrogen-bond acceptors (Lipinski definition) is 5. The van der Waals surface area contributed by atoms with Crippen molar-refractivity contribution in [2.45, 2.75) is 19.8 Å². The van der Waals surface area contributed by atoms with Gasteiger partial charge in [-0.2, -0.15) is 0 Å². The molecule has 1 aromatic rings. The van der Waals surface area contributed by atoms with Crippen LogP contribution in [0.25, 0.3) is 0 Å². The molecule has 1 rings (SSSR count). The molecule has 0 aliphatic heterocycles. The summed E-state index contributed by atoms with van der Waals surface area (Å²) >= 11 is 3.35. The van der Waals surface area contributed by atoms with Crippen LogP contribution in [0.15, 0.2) is 10.7 Å². The van der Waals surface area contributed by atoms with Gasteiger partial charge in [0.15, 0.2) is 0 Å². The van der Waals surface area contributed by atoms with Gasteiger partial charge in [-0.3, -0.25) is 0 Å². The summed E-state index contributed by atoms with van der Waals surface area (Å²) in [5.74, 6) is 1.63. The van der Waals surface area contributed by atoms with E-state index in [1.54, 1.807) is 6.07 Å². The Hall–Kier alpha value is -0.690. The normalized spacial score (nSPS) is 11.6. The summed E-state index contributed by atoms with van der Waals surface area (Å²) in [5.41, 5.74) is 0. The predicted molar refractivity (Wildman–Crippen MR) is 76.7 cm³/mol. The lowest BCUT2D eigenvalue weighted by atomic mass is 10.3. The first kappa shape index (κ1) is 15.4. The Morgan fingerprint density at radius 2 is 2.06 bits per heavy atom. The van der Waals surface area contributed by atoms with Crippen molar-refractivity contribution in [2.24, 2.45) is 0 Å². The summed E-state index contributed by atoms with van der Waals surface area (Å²) in [5, 5.41) is 0. The Morgan fingerprint density at radius 3 is 2.61 bits per heavy atom. The fourth-order valence-corrected chi connectivity index (χ4v) is 2.41. The van der Waals surface area contributed by atoms with E-state index in [1.807, 2.05) is 11.9 Å². The minimum Gasteiger partial charge on any atom is -0.359 e. The third kappa shape index (κ3) is 5.30. The van der Waals surface area contributed by atoms with Crippen LogP contribution in [0.3, 0.4) is 0 Å². The molecule has 0 amide bonds. The lowest BCUT2D eigenvalue weighted by molar-refractivity contribution is 0.601. The van der Waals surface area contributed by atoms with E-state index in [4.69, 9.17) is 0 Å². The molecule has 5 nitrogen and oxygen atoms in total. The molecule has 0 aliphatic carbocycles. The van der Waals surface area contributed by atoms with E-state index in [0.717, 1.165) is 29.1 Å². The number of hydrogen-bond donors (Lipinski definition) is 0. The fraction of sp³-hybridized carbons (Fsp3) is 0.636. The molecule has 0 radical (unpaired) electrons. The smallest absolute Gasteiger partial charge is 0.149 e. The summed E-state index contributed by atoms with van der Waals surface area (Å²) in [4.78, 5) is 10.5. The van der Waals surface area contributed by atoms with Crippen molar-refractivity contribution in [1.29, 1.82) is 0 Å². The van der Waals surface area contributed by atoms with Crippen LogP contribution < -0.4 is 4.90 Å². The lowest BCUT2D eigenvalue weighted by Gasteiger charge is -2.18. The predicted octanol–water partition coefficient (Wildman–Crippen LogP) is 1.67. The Morgan fingerprint density at radius 1 is 1.39 bits per heavy atom. The highest BCUT2D eigenvalue weighted by atomic mass is 79.9. The maximum absolute atomic E-state index is 11.1. The van der Waals surface area contributed by atoms with Gasteiger partial charge < -0.3 is 4.90 Å². The molecular formula is C11H18BrN3O2S. The molecule has 1 heterocycles. The first-order valence-electron chi connectivity index (χ1n) is 5.74. The second kappa shape index (κ2) is 6.47. The van der Waals surface area contributed by atoms with Gasteiger partial charge in [-0.25, -0.2) is 18.4 Å². The van der Waals surface area contributed by atoms with Gasteiger partial charge in [-0.15, -0.1) is 0 Å². The van der Waals surface area contributed by atoms with Gasteiger partial charge in [-0.05, 0) is 22.4 Å². The quantitative estimate of drug-likeness (QED) is 0.740. The molecule has 0 saturated carbocycles. The Bertz CT molecular complexity index is 505. The second-order valence-electron chi connectivity index (χ2n) is 4.27. The van der Waals surface area contributed by atoms with Crippen molar-refractivity contribution < 1.29 is 8.42 Å². The third-order valence-corrected chi connectivity index (χ3v) is 3.72. The maximum atomic E-state index is 11.1. The highest BCUT2D eigenvalue weighted by Crippen LogP contribution is 2.16. The summed E-state index contributed by atoms with van der Waals surface area (Å²) in [6.07, 6.45) is 3.02. The van der Waals surface area contributed by atoms with Gasteiger partial charge in [0.1, 0.15) is 26.1 Å². The number of sulfone groups is 1. The minimum absolute atomic E-state index is 0.119. The molecule has 0 aliphatic rings. The van der Waals surface area contributed by atoms with Crippen LogP contribution in [-0.2, 0) is 16.3 Å². The molecule has 0 atom stereocenters. The van der Waals surface area contributed by atoms with E-state index in [-0.39, 0.29) is 5.75 Å². The largest absolute Gasteiger partial charge is 0.359 e. The van der Waals surface area contributed by atoms with Crippen LogP contribution in [0, 0.1) is 0 Å². The molecule has 0 saturated heterocycles. The van der Waals surface area contributed by atoms with Crippen molar-refractivity contribution in [3.05, 3.63) is 16.5 Å². The van der Waals surface area contributed by atoms with E-state index in [9.17, 15) is 8.42 Å². The summed E-state index contributed by atoms with van der Waals surface area (Å²) < 4.78 is 23.0. The molecule has 0 bridgehead atoms. The van der Waals surface area contributed by atoms with Crippen LogP contribution in [0.4, 0.5) is 5.82 Å². The molecule has 0 aromatic carbocycles. The van der Waals surface area contributed by atoms with Crippen molar-refractivity contribution in [1.82, 2.24) is 9.97 Å². The Labute approximate surface area is 117 Å². The van der Waals surface area contributed by atoms with Crippen molar-refractivity contribution in [2.75, 3.05) is 30.5 Å². The van der Waals surface area contributed by atoms with Gasteiger partial charge in [0.25, 0.3) is 0 Å². The zero-order valence-electron chi connectivity index (χ0n) is 10.9. The second-order valence-corrected chi connectivity index (χ2v) is 7.34. The average molecular weight is 336 g/mol. The standard InChI is InChI=1S/C11H18BrN3O2S/c1-4-5-10-13-9(12)8-11(14-10)15(2)6-7-18(3,16)17/h8H,4-7H2,1-3H3. The minimum atomic E-state index is -2.95. The molecular weight excluding hydrogens is 318 g/mol. The zero-order valence-corrected chi connectivity index (χ0v) is 13.3. The van der Waals surface area contributed by atoms with Crippen LogP contribution in [0.2, 0.25) is 0 Å². The number of halogens is 1. The number of nitrogens with zero attached hydrogens (tertiary/aromatic N) is 3. The summed E-state index contributed by atoms with van der Waals surface area (Å²) in [6, 6.07) is 1.79. The Kier molecular flexibility index (Phi) is 5.52. The molecule has 0 N–H and O–H groups in total. The molecule has 7 heteroatoms. The third-order valence-electron chi connectivity index (χ3n) is 2.39. The van der Waals surface area contributed by atoms with Gasteiger partial charge in [0.05, 0.1) is 5.75 Å². The van der Waals surface area contributed by atoms with E-state index >= 15 is 0 Å². The van der Waals surface area contributed by atoms with Gasteiger partial charge in [0.2, 0.25) is 0 Å². The van der Waals surface area contributed by atoms with Crippen molar-refractivity contribution in [3.63, 3.8) is 0 Å². The van der Waals surface area contributed by atoms with Gasteiger partial charge in [-0.1, -0.05) is 6.92 Å². The van der Waals surface area contributed by atoms with Crippen LogP contribution >= 0.6 is 15.9 Å². The topological polar surface area (TPSA) is 63.2 Å². The SMILES string of the molecule is CCCc1nc(Br)cc(N(C)CCS(C)(=O)=O)n1. The molecule has 102 valence electrons. The number of anilines is 1. The lowest BCUT2D eigenvalue weighted by Crippen LogP contribution is -2.26. The summed E-state index contributed by atoms with van der Waals surface area (Å²) in [7, 11) is -1.13. The van der Waals surface area contributed by atoms with Gasteiger partial charge >= 0.3 is 0 Å². The molecule has 0 fully saturated rings. The van der Waals surface area contributed by atoms with Crippen LogP contribution in [0.5, 0.6) is 0 Å². The van der Waals surface area contributed by atoms with Crippen LogP contribution in [-0.4, -0.2) is 44.0 Å². The number of rotatable bonds is 6. The monoisotopic (exact) mass is 335 g/mol. The first-order chi connectivity index (χ1) is 8.31. The summed E-state index contributed by atoms with van der Waals surface area (Å²) in [6.45, 7) is 2.49. The fourth-order valence-electron chi connectivity index (χ4n) is 1.40. The highest BCUT2D eigenvalue weighted by molar-refractivity contribution is 9.10.